The first-order valence-corrected chi connectivity index (χ1v) is 3.66. The minimum absolute atomic E-state index is 0.570. The van der Waals surface area contributed by atoms with Gasteiger partial charge in [0.1, 0.15) is 18.9 Å². The van der Waals surface area contributed by atoms with E-state index in [-0.39, 0.29) is 0 Å². The van der Waals surface area contributed by atoms with Crippen LogP contribution in [-0.4, -0.2) is 26.0 Å². The monoisotopic (exact) mass is 174 g/mol. The SMILES string of the molecule is O=Cc1ccnc(-n2cncn2)c1. The number of nitrogens with zero attached hydrogens (tertiary/aromatic N) is 4. The van der Waals surface area contributed by atoms with Crippen LogP contribution in [0.4, 0.5) is 0 Å². The van der Waals surface area contributed by atoms with E-state index < -0.39 is 0 Å². The maximum absolute atomic E-state index is 10.5. The number of carbonyl (C=O) groups excluding carboxylic acids is 1. The van der Waals surface area contributed by atoms with Gasteiger partial charge in [-0.2, -0.15) is 5.10 Å². The third-order valence-electron chi connectivity index (χ3n) is 1.56. The van der Waals surface area contributed by atoms with E-state index in [0.717, 1.165) is 6.29 Å². The second-order valence-electron chi connectivity index (χ2n) is 2.41. The van der Waals surface area contributed by atoms with E-state index in [2.05, 4.69) is 15.1 Å². The van der Waals surface area contributed by atoms with Gasteiger partial charge in [0, 0.05) is 11.8 Å². The van der Waals surface area contributed by atoms with Gasteiger partial charge in [-0.05, 0) is 12.1 Å². The van der Waals surface area contributed by atoms with Crippen molar-refractivity contribution in [3.63, 3.8) is 0 Å². The van der Waals surface area contributed by atoms with Crippen LogP contribution in [0.2, 0.25) is 0 Å². The number of pyridine rings is 1. The molecule has 2 aromatic heterocycles. The Morgan fingerprint density at radius 3 is 3.08 bits per heavy atom. The van der Waals surface area contributed by atoms with Crippen LogP contribution in [0, 0.1) is 0 Å². The normalized spacial score (nSPS) is 9.85. The summed E-state index contributed by atoms with van der Waals surface area (Å²) in [6.45, 7) is 0. The Bertz CT molecular complexity index is 410. The summed E-state index contributed by atoms with van der Waals surface area (Å²) in [5.41, 5.74) is 0.570. The molecule has 0 saturated carbocycles. The van der Waals surface area contributed by atoms with Crippen molar-refractivity contribution in [2.24, 2.45) is 0 Å². The molecule has 0 aromatic carbocycles. The molecular weight excluding hydrogens is 168 g/mol. The van der Waals surface area contributed by atoms with Gasteiger partial charge in [0.2, 0.25) is 0 Å². The summed E-state index contributed by atoms with van der Waals surface area (Å²) in [4.78, 5) is 18.3. The Morgan fingerprint density at radius 2 is 2.38 bits per heavy atom. The first kappa shape index (κ1) is 7.60. The number of hydrogen-bond donors (Lipinski definition) is 0. The molecule has 2 heterocycles. The minimum Gasteiger partial charge on any atom is -0.298 e. The summed E-state index contributed by atoms with van der Waals surface area (Å²) in [7, 11) is 0. The van der Waals surface area contributed by atoms with Gasteiger partial charge in [-0.3, -0.25) is 4.79 Å². The summed E-state index contributed by atoms with van der Waals surface area (Å²) < 4.78 is 1.49. The van der Waals surface area contributed by atoms with Crippen molar-refractivity contribution in [3.8, 4) is 5.82 Å². The smallest absolute Gasteiger partial charge is 0.155 e. The zero-order valence-electron chi connectivity index (χ0n) is 6.66. The fourth-order valence-corrected chi connectivity index (χ4v) is 0.959. The molecule has 0 atom stereocenters. The summed E-state index contributed by atoms with van der Waals surface area (Å²) >= 11 is 0. The molecule has 0 spiro atoms. The zero-order chi connectivity index (χ0) is 9.10. The largest absolute Gasteiger partial charge is 0.298 e. The van der Waals surface area contributed by atoms with Crippen LogP contribution < -0.4 is 0 Å². The average Bonchev–Trinajstić information content (AvgIpc) is 2.71. The molecule has 0 fully saturated rings. The molecule has 13 heavy (non-hydrogen) atoms. The van der Waals surface area contributed by atoms with Crippen molar-refractivity contribution in [1.29, 1.82) is 0 Å². The van der Waals surface area contributed by atoms with Crippen molar-refractivity contribution >= 4 is 6.29 Å². The summed E-state index contributed by atoms with van der Waals surface area (Å²) in [6.07, 6.45) is 5.26. The Morgan fingerprint density at radius 1 is 1.46 bits per heavy atom. The third kappa shape index (κ3) is 1.44. The molecule has 0 amide bonds. The lowest BCUT2D eigenvalue weighted by Crippen LogP contribution is -1.98. The van der Waals surface area contributed by atoms with E-state index in [4.69, 9.17) is 0 Å². The highest BCUT2D eigenvalue weighted by molar-refractivity contribution is 5.75. The fraction of sp³-hybridized carbons (Fsp3) is 0. The molecule has 2 rings (SSSR count). The summed E-state index contributed by atoms with van der Waals surface area (Å²) in [5, 5.41) is 3.89. The molecule has 0 aliphatic heterocycles. The molecule has 64 valence electrons. The highest BCUT2D eigenvalue weighted by atomic mass is 16.1. The van der Waals surface area contributed by atoms with E-state index in [1.54, 1.807) is 18.3 Å². The molecule has 2 aromatic rings. The van der Waals surface area contributed by atoms with Gasteiger partial charge >= 0.3 is 0 Å². The topological polar surface area (TPSA) is 60.7 Å². The second-order valence-corrected chi connectivity index (χ2v) is 2.41. The van der Waals surface area contributed by atoms with Gasteiger partial charge < -0.3 is 0 Å². The van der Waals surface area contributed by atoms with Crippen LogP contribution in [-0.2, 0) is 0 Å². The van der Waals surface area contributed by atoms with Crippen molar-refractivity contribution in [2.45, 2.75) is 0 Å². The first-order chi connectivity index (χ1) is 6.40. The van der Waals surface area contributed by atoms with Crippen molar-refractivity contribution in [1.82, 2.24) is 19.7 Å². The van der Waals surface area contributed by atoms with Crippen LogP contribution in [0.15, 0.2) is 31.0 Å². The lowest BCUT2D eigenvalue weighted by molar-refractivity contribution is 0.112. The fourth-order valence-electron chi connectivity index (χ4n) is 0.959. The zero-order valence-corrected chi connectivity index (χ0v) is 6.66. The predicted octanol–water partition coefficient (Wildman–Crippen LogP) is 0.475. The van der Waals surface area contributed by atoms with E-state index >= 15 is 0 Å². The van der Waals surface area contributed by atoms with E-state index in [0.29, 0.717) is 11.4 Å². The van der Waals surface area contributed by atoms with Crippen molar-refractivity contribution < 1.29 is 4.79 Å². The molecule has 0 radical (unpaired) electrons. The van der Waals surface area contributed by atoms with Crippen molar-refractivity contribution in [2.75, 3.05) is 0 Å². The van der Waals surface area contributed by atoms with Crippen molar-refractivity contribution in [3.05, 3.63) is 36.5 Å². The van der Waals surface area contributed by atoms with Crippen LogP contribution in [0.1, 0.15) is 10.4 Å². The highest BCUT2D eigenvalue weighted by Gasteiger charge is 1.98. The molecule has 0 bridgehead atoms. The van der Waals surface area contributed by atoms with Crippen LogP contribution in [0.5, 0.6) is 0 Å². The third-order valence-corrected chi connectivity index (χ3v) is 1.56. The second kappa shape index (κ2) is 3.14. The van der Waals surface area contributed by atoms with Gasteiger partial charge in [0.25, 0.3) is 0 Å². The minimum atomic E-state index is 0.570. The highest BCUT2D eigenvalue weighted by Crippen LogP contribution is 2.02. The van der Waals surface area contributed by atoms with Crippen LogP contribution in [0.3, 0.4) is 0 Å². The maximum Gasteiger partial charge on any atom is 0.155 e. The molecule has 0 N–H and O–H groups in total. The van der Waals surface area contributed by atoms with Gasteiger partial charge in [0.15, 0.2) is 5.82 Å². The number of carbonyl (C=O) groups is 1. The molecule has 5 nitrogen and oxygen atoms in total. The molecule has 0 unspecified atom stereocenters. The lowest BCUT2D eigenvalue weighted by Gasteiger charge is -1.98. The Labute approximate surface area is 74.1 Å². The predicted molar refractivity (Wildman–Crippen MR) is 44.5 cm³/mol. The first-order valence-electron chi connectivity index (χ1n) is 3.66. The summed E-state index contributed by atoms with van der Waals surface area (Å²) in [5.74, 6) is 0.585. The molecule has 0 saturated heterocycles. The molecule has 5 heteroatoms. The van der Waals surface area contributed by atoms with E-state index in [1.807, 2.05) is 0 Å². The number of rotatable bonds is 2. The Hall–Kier alpha value is -2.04. The Kier molecular flexibility index (Phi) is 1.84. The van der Waals surface area contributed by atoms with E-state index in [1.165, 1.54) is 17.3 Å². The quantitative estimate of drug-likeness (QED) is 0.621. The maximum atomic E-state index is 10.5. The number of aldehydes is 1. The Balaban J connectivity index is 2.47. The van der Waals surface area contributed by atoms with Gasteiger partial charge in [-0.1, -0.05) is 0 Å². The van der Waals surface area contributed by atoms with Gasteiger partial charge in [-0.25, -0.2) is 14.6 Å². The molecule has 0 aliphatic carbocycles. The van der Waals surface area contributed by atoms with Gasteiger partial charge in [-0.15, -0.1) is 0 Å². The van der Waals surface area contributed by atoms with E-state index in [9.17, 15) is 4.79 Å². The standard InChI is InChI=1S/C8H6N4O/c13-4-7-1-2-10-8(3-7)12-6-9-5-11-12/h1-6H. The molecular formula is C8H6N4O. The lowest BCUT2D eigenvalue weighted by atomic mass is 10.3. The number of hydrogen-bond acceptors (Lipinski definition) is 4. The molecule has 0 aliphatic rings. The average molecular weight is 174 g/mol. The van der Waals surface area contributed by atoms with Crippen LogP contribution in [0.25, 0.3) is 5.82 Å². The van der Waals surface area contributed by atoms with Crippen LogP contribution >= 0.6 is 0 Å². The van der Waals surface area contributed by atoms with Gasteiger partial charge in [0.05, 0.1) is 0 Å². The number of aromatic nitrogens is 4. The summed E-state index contributed by atoms with van der Waals surface area (Å²) in [6, 6.07) is 3.27.